The third kappa shape index (κ3) is 2.99. The molecule has 0 unspecified atom stereocenters. The van der Waals surface area contributed by atoms with E-state index in [0.29, 0.717) is 5.69 Å². The number of halogens is 2. The number of benzene rings is 2. The molecule has 0 spiro atoms. The Hall–Kier alpha value is -3.80. The van der Waals surface area contributed by atoms with E-state index in [1.54, 1.807) is 18.5 Å². The topological polar surface area (TPSA) is 46.5 Å². The highest BCUT2D eigenvalue weighted by molar-refractivity contribution is 5.89. The maximum absolute atomic E-state index is 14.1. The van der Waals surface area contributed by atoms with Crippen molar-refractivity contribution in [2.24, 2.45) is 7.05 Å². The van der Waals surface area contributed by atoms with Gasteiger partial charge < -0.3 is 4.98 Å². The molecular formula is C23H16F2N4. The molecule has 0 aliphatic carbocycles. The molecular weight excluding hydrogens is 370 g/mol. The number of nitrogens with one attached hydrogen (secondary N) is 1. The largest absolute Gasteiger partial charge is 0.354 e. The summed E-state index contributed by atoms with van der Waals surface area (Å²) in [6, 6.07) is 17.3. The Morgan fingerprint density at radius 3 is 2.38 bits per heavy atom. The molecule has 0 atom stereocenters. The molecule has 5 aromatic rings. The normalized spacial score (nSPS) is 11.3. The van der Waals surface area contributed by atoms with Crippen molar-refractivity contribution in [1.29, 1.82) is 0 Å². The highest BCUT2D eigenvalue weighted by atomic mass is 19.1. The molecule has 0 bridgehead atoms. The van der Waals surface area contributed by atoms with Gasteiger partial charge in [-0.1, -0.05) is 12.1 Å². The first-order chi connectivity index (χ1) is 14.1. The summed E-state index contributed by atoms with van der Waals surface area (Å²) < 4.78 is 30.1. The van der Waals surface area contributed by atoms with Crippen LogP contribution in [0.3, 0.4) is 0 Å². The first-order valence-corrected chi connectivity index (χ1v) is 9.12. The van der Waals surface area contributed by atoms with Gasteiger partial charge >= 0.3 is 0 Å². The van der Waals surface area contributed by atoms with Crippen LogP contribution in [-0.4, -0.2) is 19.7 Å². The van der Waals surface area contributed by atoms with Gasteiger partial charge in [0, 0.05) is 41.5 Å². The maximum Gasteiger partial charge on any atom is 0.135 e. The van der Waals surface area contributed by atoms with E-state index in [-0.39, 0.29) is 5.56 Å². The minimum absolute atomic E-state index is 0.0502. The summed E-state index contributed by atoms with van der Waals surface area (Å²) in [5, 5.41) is 5.46. The van der Waals surface area contributed by atoms with E-state index >= 15 is 0 Å². The Kier molecular flexibility index (Phi) is 3.98. The summed E-state index contributed by atoms with van der Waals surface area (Å²) in [6.45, 7) is 0. The molecule has 29 heavy (non-hydrogen) atoms. The van der Waals surface area contributed by atoms with Crippen LogP contribution in [0, 0.1) is 11.6 Å². The molecule has 1 N–H and O–H groups in total. The van der Waals surface area contributed by atoms with Gasteiger partial charge in [-0.2, -0.15) is 5.10 Å². The lowest BCUT2D eigenvalue weighted by molar-refractivity contribution is 0.589. The van der Waals surface area contributed by atoms with Gasteiger partial charge in [-0.15, -0.1) is 0 Å². The predicted molar refractivity (Wildman–Crippen MR) is 109 cm³/mol. The van der Waals surface area contributed by atoms with Crippen LogP contribution in [0.25, 0.3) is 44.7 Å². The van der Waals surface area contributed by atoms with Crippen molar-refractivity contribution in [2.45, 2.75) is 0 Å². The van der Waals surface area contributed by atoms with Gasteiger partial charge in [-0.25, -0.2) is 8.78 Å². The van der Waals surface area contributed by atoms with Crippen molar-refractivity contribution in [3.05, 3.63) is 84.7 Å². The summed E-state index contributed by atoms with van der Waals surface area (Å²) in [5.41, 5.74) is 4.92. The lowest BCUT2D eigenvalue weighted by Crippen LogP contribution is -1.93. The Bertz CT molecular complexity index is 1320. The van der Waals surface area contributed by atoms with Crippen LogP contribution in [0.1, 0.15) is 0 Å². The van der Waals surface area contributed by atoms with Crippen LogP contribution in [-0.2, 0) is 7.05 Å². The van der Waals surface area contributed by atoms with Gasteiger partial charge in [-0.05, 0) is 48.5 Å². The third-order valence-electron chi connectivity index (χ3n) is 5.00. The zero-order chi connectivity index (χ0) is 20.0. The Balaban J connectivity index is 1.59. The predicted octanol–water partition coefficient (Wildman–Crippen LogP) is 5.58. The fraction of sp³-hybridized carbons (Fsp3) is 0.0435. The number of aromatic amines is 1. The van der Waals surface area contributed by atoms with Crippen LogP contribution < -0.4 is 0 Å². The van der Waals surface area contributed by atoms with Crippen molar-refractivity contribution in [3.8, 4) is 33.8 Å². The first kappa shape index (κ1) is 17.3. The molecule has 4 nitrogen and oxygen atoms in total. The Labute approximate surface area is 165 Å². The van der Waals surface area contributed by atoms with E-state index < -0.39 is 11.6 Å². The van der Waals surface area contributed by atoms with E-state index in [0.717, 1.165) is 33.4 Å². The van der Waals surface area contributed by atoms with E-state index in [9.17, 15) is 8.78 Å². The number of aromatic nitrogens is 4. The van der Waals surface area contributed by atoms with Crippen LogP contribution in [0.15, 0.2) is 73.1 Å². The molecule has 3 aromatic heterocycles. The molecule has 0 aliphatic rings. The second-order valence-electron chi connectivity index (χ2n) is 6.86. The second-order valence-corrected chi connectivity index (χ2v) is 6.86. The number of aryl methyl sites for hydroxylation is 1. The number of nitrogens with zero attached hydrogens (tertiary/aromatic N) is 3. The molecule has 142 valence electrons. The minimum atomic E-state index is -0.592. The van der Waals surface area contributed by atoms with Gasteiger partial charge in [0.1, 0.15) is 11.6 Å². The summed E-state index contributed by atoms with van der Waals surface area (Å²) in [4.78, 5) is 7.15. The quantitative estimate of drug-likeness (QED) is 0.440. The van der Waals surface area contributed by atoms with E-state index in [1.807, 2.05) is 48.1 Å². The number of H-pyrrole nitrogens is 1. The molecule has 0 amide bonds. The molecule has 5 rings (SSSR count). The van der Waals surface area contributed by atoms with E-state index in [2.05, 4.69) is 15.1 Å². The summed E-state index contributed by atoms with van der Waals surface area (Å²) in [5.74, 6) is -1.18. The van der Waals surface area contributed by atoms with Crippen LogP contribution in [0.4, 0.5) is 8.78 Å². The monoisotopic (exact) mass is 386 g/mol. The number of fused-ring (bicyclic) bond motifs is 1. The molecule has 6 heteroatoms. The molecule has 0 saturated heterocycles. The Morgan fingerprint density at radius 2 is 1.62 bits per heavy atom. The zero-order valence-electron chi connectivity index (χ0n) is 15.5. The maximum atomic E-state index is 14.1. The second kappa shape index (κ2) is 6.67. The van der Waals surface area contributed by atoms with E-state index in [1.165, 1.54) is 18.2 Å². The first-order valence-electron chi connectivity index (χ1n) is 9.12. The molecule has 0 saturated carbocycles. The summed E-state index contributed by atoms with van der Waals surface area (Å²) in [7, 11) is 1.89. The zero-order valence-corrected chi connectivity index (χ0v) is 15.5. The fourth-order valence-corrected chi connectivity index (χ4v) is 3.58. The van der Waals surface area contributed by atoms with E-state index in [4.69, 9.17) is 0 Å². The molecule has 0 radical (unpaired) electrons. The van der Waals surface area contributed by atoms with Gasteiger partial charge in [0.25, 0.3) is 0 Å². The highest BCUT2D eigenvalue weighted by Gasteiger charge is 2.15. The number of hydrogen-bond acceptors (Lipinski definition) is 2. The number of pyridine rings is 1. The SMILES string of the molecule is Cn1nc(-c2ccncc2)cc1-c1ccc2[nH]c(-c3c(F)cccc3F)cc2c1. The fourth-order valence-electron chi connectivity index (χ4n) is 3.58. The third-order valence-corrected chi connectivity index (χ3v) is 5.00. The van der Waals surface area contributed by atoms with Crippen molar-refractivity contribution in [3.63, 3.8) is 0 Å². The van der Waals surface area contributed by atoms with Crippen LogP contribution in [0.2, 0.25) is 0 Å². The molecule has 3 heterocycles. The number of hydrogen-bond donors (Lipinski definition) is 1. The van der Waals surface area contributed by atoms with Crippen molar-refractivity contribution >= 4 is 10.9 Å². The lowest BCUT2D eigenvalue weighted by Gasteiger charge is -2.01. The van der Waals surface area contributed by atoms with Gasteiger partial charge in [0.2, 0.25) is 0 Å². The average molecular weight is 386 g/mol. The van der Waals surface area contributed by atoms with Gasteiger partial charge in [0.15, 0.2) is 0 Å². The lowest BCUT2D eigenvalue weighted by atomic mass is 10.1. The van der Waals surface area contributed by atoms with Crippen LogP contribution >= 0.6 is 0 Å². The summed E-state index contributed by atoms with van der Waals surface area (Å²) in [6.07, 6.45) is 3.47. The highest BCUT2D eigenvalue weighted by Crippen LogP contribution is 2.32. The number of rotatable bonds is 3. The van der Waals surface area contributed by atoms with Crippen molar-refractivity contribution < 1.29 is 8.78 Å². The van der Waals surface area contributed by atoms with Crippen molar-refractivity contribution in [2.75, 3.05) is 0 Å². The molecule has 2 aromatic carbocycles. The van der Waals surface area contributed by atoms with Crippen LogP contribution in [0.5, 0.6) is 0 Å². The molecule has 0 aliphatic heterocycles. The van der Waals surface area contributed by atoms with Crippen molar-refractivity contribution in [1.82, 2.24) is 19.7 Å². The average Bonchev–Trinajstić information content (AvgIpc) is 3.31. The standard InChI is InChI=1S/C23H16F2N4/c1-29-22(13-20(28-29)14-7-9-26-10-8-14)15-5-6-19-16(11-15)12-21(27-19)23-17(24)3-2-4-18(23)25/h2-13,27H,1H3. The smallest absolute Gasteiger partial charge is 0.135 e. The van der Waals surface area contributed by atoms with Gasteiger partial charge in [0.05, 0.1) is 22.6 Å². The Morgan fingerprint density at radius 1 is 0.862 bits per heavy atom. The molecule has 0 fully saturated rings. The van der Waals surface area contributed by atoms with Gasteiger partial charge in [-0.3, -0.25) is 9.67 Å². The minimum Gasteiger partial charge on any atom is -0.354 e. The summed E-state index contributed by atoms with van der Waals surface area (Å²) >= 11 is 0.